The Bertz CT molecular complexity index is 608. The van der Waals surface area contributed by atoms with Crippen molar-refractivity contribution in [3.8, 4) is 0 Å². The molecule has 1 aromatic heterocycles. The number of hydrogen-bond acceptors (Lipinski definition) is 5. The molecule has 1 amide bonds. The normalized spacial score (nSPS) is 18.0. The molecule has 0 radical (unpaired) electrons. The van der Waals surface area contributed by atoms with Crippen LogP contribution in [0.25, 0.3) is 0 Å². The lowest BCUT2D eigenvalue weighted by atomic mass is 9.94. The lowest BCUT2D eigenvalue weighted by Crippen LogP contribution is -2.42. The van der Waals surface area contributed by atoms with Crippen LogP contribution in [0.3, 0.4) is 0 Å². The Morgan fingerprint density at radius 3 is 2.85 bits per heavy atom. The number of carbonyl (C=O) groups is 1. The maximum absolute atomic E-state index is 12.2. The Morgan fingerprint density at radius 2 is 2.15 bits per heavy atom. The van der Waals surface area contributed by atoms with Crippen molar-refractivity contribution in [3.63, 3.8) is 0 Å². The summed E-state index contributed by atoms with van der Waals surface area (Å²) in [5.41, 5.74) is 0.273. The van der Waals surface area contributed by atoms with Crippen molar-refractivity contribution in [2.45, 2.75) is 58.7 Å². The Balaban J connectivity index is 1.67. The fourth-order valence-electron chi connectivity index (χ4n) is 2.91. The van der Waals surface area contributed by atoms with Crippen LogP contribution in [0.2, 0.25) is 10.4 Å². The molecule has 0 saturated carbocycles. The number of aromatic nitrogens is 2. The van der Waals surface area contributed by atoms with Gasteiger partial charge in [-0.15, -0.1) is 0 Å². The number of ether oxygens (including phenoxy) is 2. The highest BCUT2D eigenvalue weighted by atomic mass is 35.5. The zero-order valence-electron chi connectivity index (χ0n) is 15.6. The summed E-state index contributed by atoms with van der Waals surface area (Å²) in [6.07, 6.45) is 5.47. The second kappa shape index (κ2) is 9.72. The second-order valence-electron chi connectivity index (χ2n) is 7.58. The van der Waals surface area contributed by atoms with Gasteiger partial charge in [-0.1, -0.05) is 11.6 Å². The number of rotatable bonds is 6. The fraction of sp³-hybridized carbons (Fsp3) is 0.722. The maximum Gasteiger partial charge on any atom is 0.410 e. The number of amides is 1. The van der Waals surface area contributed by atoms with Crippen molar-refractivity contribution in [3.05, 3.63) is 22.2 Å². The number of piperidine rings is 1. The van der Waals surface area contributed by atoms with Gasteiger partial charge in [0, 0.05) is 31.5 Å². The number of nitrogens with zero attached hydrogens (tertiary/aromatic N) is 3. The average Bonchev–Trinajstić information content (AvgIpc) is 2.55. The lowest BCUT2D eigenvalue weighted by molar-refractivity contribution is 0.0155. The third-order valence-electron chi connectivity index (χ3n) is 4.11. The van der Waals surface area contributed by atoms with Gasteiger partial charge in [-0.05, 0) is 64.0 Å². The molecule has 8 heteroatoms. The van der Waals surface area contributed by atoms with Crippen molar-refractivity contribution in [2.75, 3.05) is 19.7 Å². The van der Waals surface area contributed by atoms with E-state index in [0.717, 1.165) is 44.3 Å². The number of carbonyl (C=O) groups excluding carboxylic acids is 1. The minimum absolute atomic E-state index is 0.130. The Hall–Kier alpha value is -1.11. The Labute approximate surface area is 165 Å². The molecule has 0 unspecified atom stereocenters. The maximum atomic E-state index is 12.2. The van der Waals surface area contributed by atoms with Crippen LogP contribution in [0.4, 0.5) is 4.79 Å². The lowest BCUT2D eigenvalue weighted by Gasteiger charge is -2.34. The third kappa shape index (κ3) is 7.25. The monoisotopic (exact) mass is 403 g/mol. The van der Waals surface area contributed by atoms with Crippen molar-refractivity contribution in [1.29, 1.82) is 0 Å². The van der Waals surface area contributed by atoms with Gasteiger partial charge >= 0.3 is 6.09 Å². The summed E-state index contributed by atoms with van der Waals surface area (Å²) in [4.78, 5) is 21.8. The number of likely N-dealkylation sites (tertiary alicyclic amines) is 1. The summed E-state index contributed by atoms with van der Waals surface area (Å²) < 4.78 is 11.1. The van der Waals surface area contributed by atoms with E-state index in [1.54, 1.807) is 6.20 Å². The van der Waals surface area contributed by atoms with Crippen molar-refractivity contribution in [1.82, 2.24) is 14.9 Å². The first-order chi connectivity index (χ1) is 12.2. The van der Waals surface area contributed by atoms with E-state index in [2.05, 4.69) is 9.97 Å². The minimum atomic E-state index is -0.454. The van der Waals surface area contributed by atoms with Gasteiger partial charge in [0.1, 0.15) is 10.8 Å². The highest BCUT2D eigenvalue weighted by Gasteiger charge is 2.27. The van der Waals surface area contributed by atoms with Gasteiger partial charge in [-0.2, -0.15) is 0 Å². The summed E-state index contributed by atoms with van der Waals surface area (Å²) in [7, 11) is 0. The fourth-order valence-corrected chi connectivity index (χ4v) is 3.27. The Kier molecular flexibility index (Phi) is 7.92. The zero-order chi connectivity index (χ0) is 19.2. The van der Waals surface area contributed by atoms with Crippen LogP contribution in [0.15, 0.2) is 6.20 Å². The highest BCUT2D eigenvalue weighted by molar-refractivity contribution is 6.32. The molecule has 146 valence electrons. The molecule has 0 N–H and O–H groups in total. The quantitative estimate of drug-likeness (QED) is 0.390. The van der Waals surface area contributed by atoms with E-state index in [9.17, 15) is 4.79 Å². The van der Waals surface area contributed by atoms with Crippen molar-refractivity contribution in [2.24, 2.45) is 5.92 Å². The largest absolute Gasteiger partial charge is 0.444 e. The van der Waals surface area contributed by atoms with Crippen LogP contribution in [-0.2, 0) is 16.1 Å². The molecule has 0 bridgehead atoms. The molecular formula is C18H27Cl2N3O3. The summed E-state index contributed by atoms with van der Waals surface area (Å²) in [6, 6.07) is 0. The number of hydrogen-bond donors (Lipinski definition) is 0. The Morgan fingerprint density at radius 1 is 1.38 bits per heavy atom. The van der Waals surface area contributed by atoms with Gasteiger partial charge in [0.25, 0.3) is 0 Å². The summed E-state index contributed by atoms with van der Waals surface area (Å²) in [5.74, 6) is 0.488. The van der Waals surface area contributed by atoms with E-state index < -0.39 is 5.60 Å². The molecule has 2 heterocycles. The molecule has 2 rings (SSSR count). The molecule has 6 nitrogen and oxygen atoms in total. The van der Waals surface area contributed by atoms with Gasteiger partial charge in [0.05, 0.1) is 6.61 Å². The molecule has 0 aliphatic carbocycles. The molecule has 1 aromatic rings. The van der Waals surface area contributed by atoms with Gasteiger partial charge in [-0.3, -0.25) is 0 Å². The predicted molar refractivity (Wildman–Crippen MR) is 101 cm³/mol. The molecule has 26 heavy (non-hydrogen) atoms. The van der Waals surface area contributed by atoms with E-state index >= 15 is 0 Å². The first kappa shape index (κ1) is 21.2. The van der Waals surface area contributed by atoms with Crippen LogP contribution in [0, 0.1) is 5.92 Å². The van der Waals surface area contributed by atoms with Crippen LogP contribution in [0.5, 0.6) is 0 Å². The van der Waals surface area contributed by atoms with E-state index in [1.165, 1.54) is 0 Å². The van der Waals surface area contributed by atoms with Crippen molar-refractivity contribution < 1.29 is 14.3 Å². The van der Waals surface area contributed by atoms with E-state index in [0.29, 0.717) is 24.3 Å². The topological polar surface area (TPSA) is 64.5 Å². The first-order valence-corrected chi connectivity index (χ1v) is 9.73. The van der Waals surface area contributed by atoms with Crippen molar-refractivity contribution >= 4 is 29.3 Å². The smallest absolute Gasteiger partial charge is 0.410 e. The summed E-state index contributed by atoms with van der Waals surface area (Å²) in [5, 5.41) is 0.455. The molecule has 1 aliphatic heterocycles. The van der Waals surface area contributed by atoms with Crippen LogP contribution in [0.1, 0.15) is 52.0 Å². The number of halogens is 2. The van der Waals surface area contributed by atoms with E-state index in [4.69, 9.17) is 32.7 Å². The predicted octanol–water partition coefficient (Wildman–Crippen LogP) is 4.73. The van der Waals surface area contributed by atoms with Crippen LogP contribution in [-0.4, -0.2) is 46.3 Å². The molecule has 1 atom stereocenters. The highest BCUT2D eigenvalue weighted by Crippen LogP contribution is 2.23. The third-order valence-corrected chi connectivity index (χ3v) is 4.62. The summed E-state index contributed by atoms with van der Waals surface area (Å²) in [6.45, 7) is 8.19. The second-order valence-corrected chi connectivity index (χ2v) is 8.28. The zero-order valence-corrected chi connectivity index (χ0v) is 17.1. The molecule has 0 aromatic carbocycles. The first-order valence-electron chi connectivity index (χ1n) is 8.97. The molecule has 0 spiro atoms. The summed E-state index contributed by atoms with van der Waals surface area (Å²) >= 11 is 11.7. The van der Waals surface area contributed by atoms with Crippen LogP contribution >= 0.6 is 23.2 Å². The van der Waals surface area contributed by atoms with Crippen LogP contribution < -0.4 is 0 Å². The molecule has 1 saturated heterocycles. The molecular weight excluding hydrogens is 377 g/mol. The van der Waals surface area contributed by atoms with Gasteiger partial charge in [0.15, 0.2) is 0 Å². The standard InChI is InChI=1S/C18H27Cl2N3O3/c1-18(2,3)26-17(24)23-8-4-6-13(11-23)7-5-9-25-12-14-10-21-16(20)22-15(14)19/h10,13H,4-9,11-12H2,1-3H3/t13-/m1/s1. The minimum Gasteiger partial charge on any atom is -0.444 e. The SMILES string of the molecule is CC(C)(C)OC(=O)N1CCC[C@H](CCCOCc2cnc(Cl)nc2Cl)C1. The van der Waals surface area contributed by atoms with Gasteiger partial charge < -0.3 is 14.4 Å². The van der Waals surface area contributed by atoms with Gasteiger partial charge in [0.2, 0.25) is 5.28 Å². The van der Waals surface area contributed by atoms with Gasteiger partial charge in [-0.25, -0.2) is 14.8 Å². The van der Waals surface area contributed by atoms with E-state index in [1.807, 2.05) is 25.7 Å². The average molecular weight is 404 g/mol. The molecule has 1 aliphatic rings. The molecule has 1 fully saturated rings. The van der Waals surface area contributed by atoms with E-state index in [-0.39, 0.29) is 11.4 Å².